The Balaban J connectivity index is 4.12. The predicted molar refractivity (Wildman–Crippen MR) is 217 cm³/mol. The van der Waals surface area contributed by atoms with Gasteiger partial charge in [0.2, 0.25) is 0 Å². The van der Waals surface area contributed by atoms with Crippen molar-refractivity contribution in [1.82, 2.24) is 0 Å². The molecule has 0 aliphatic carbocycles. The number of carbonyl (C=O) groups is 2. The fourth-order valence-corrected chi connectivity index (χ4v) is 5.24. The van der Waals surface area contributed by atoms with Gasteiger partial charge in [-0.2, -0.15) is 0 Å². The SMILES string of the molecule is CCCCC/C=C\C/C=C\C/C=C\CCCCCCC(=O)OC[C@H](COP(=O)(O)O)OC(=O)CCC/C=C\C/C=C\C/C=C\C/C=C\CC[C@H](O)CC. The molecule has 0 heterocycles. The van der Waals surface area contributed by atoms with Crippen molar-refractivity contribution in [2.75, 3.05) is 13.2 Å². The molecule has 0 amide bonds. The molecule has 0 aromatic rings. The number of carbonyl (C=O) groups excluding carboxylic acids is 2. The third-order valence-corrected chi connectivity index (χ3v) is 8.54. The van der Waals surface area contributed by atoms with Crippen LogP contribution in [0.5, 0.6) is 0 Å². The molecule has 0 bridgehead atoms. The number of ether oxygens (including phenoxy) is 2. The molecule has 0 fully saturated rings. The van der Waals surface area contributed by atoms with E-state index in [1.807, 2.05) is 19.1 Å². The third kappa shape index (κ3) is 40.2. The van der Waals surface area contributed by atoms with E-state index < -0.39 is 32.5 Å². The number of phosphoric ester groups is 1. The summed E-state index contributed by atoms with van der Waals surface area (Å²) in [4.78, 5) is 42.8. The summed E-state index contributed by atoms with van der Waals surface area (Å²) in [5.74, 6) is -1.00. The predicted octanol–water partition coefficient (Wildman–Crippen LogP) is 11.0. The van der Waals surface area contributed by atoms with Crippen molar-refractivity contribution in [3.8, 4) is 0 Å². The molecule has 53 heavy (non-hydrogen) atoms. The van der Waals surface area contributed by atoms with Crippen LogP contribution < -0.4 is 0 Å². The molecular weight excluding hydrogens is 691 g/mol. The number of rotatable bonds is 35. The van der Waals surface area contributed by atoms with Gasteiger partial charge < -0.3 is 24.4 Å². The van der Waals surface area contributed by atoms with Gasteiger partial charge in [0.25, 0.3) is 0 Å². The first-order valence-electron chi connectivity index (χ1n) is 20.0. The minimum Gasteiger partial charge on any atom is -0.462 e. The first-order valence-corrected chi connectivity index (χ1v) is 21.5. The number of aliphatic hydroxyl groups excluding tert-OH is 1. The standard InChI is InChI=1S/C43H71O9P/c1-3-5-6-7-8-9-10-11-12-13-14-18-21-24-27-30-33-36-42(45)50-38-41(39-51-53(47,48)49)52-43(46)37-34-31-28-25-22-19-16-15-17-20-23-26-29-32-35-40(44)4-2/h8-9,11-12,14,16-20,25-26,28-29,40-41,44H,3-7,10,13,15,21-24,27,30-39H2,1-2H3,(H2,47,48,49)/b9-8-,12-11-,18-14-,19-16-,20-17-,28-25-,29-26-/t40-,41-/m1/s1. The summed E-state index contributed by atoms with van der Waals surface area (Å²) < 4.78 is 26.3. The third-order valence-electron chi connectivity index (χ3n) is 8.05. The van der Waals surface area contributed by atoms with E-state index in [1.54, 1.807) is 0 Å². The zero-order valence-electron chi connectivity index (χ0n) is 32.7. The van der Waals surface area contributed by atoms with Crippen LogP contribution in [0.1, 0.15) is 149 Å². The molecule has 0 rings (SSSR count). The zero-order chi connectivity index (χ0) is 39.1. The van der Waals surface area contributed by atoms with Crippen molar-refractivity contribution < 1.29 is 43.0 Å². The number of aliphatic hydroxyl groups is 1. The van der Waals surface area contributed by atoms with Gasteiger partial charge in [0.1, 0.15) is 6.61 Å². The van der Waals surface area contributed by atoms with Crippen LogP contribution in [-0.4, -0.2) is 52.3 Å². The lowest BCUT2D eigenvalue weighted by molar-refractivity contribution is -0.161. The molecular formula is C43H71O9P. The lowest BCUT2D eigenvalue weighted by Crippen LogP contribution is -2.29. The van der Waals surface area contributed by atoms with Crippen molar-refractivity contribution >= 4 is 19.8 Å². The highest BCUT2D eigenvalue weighted by Gasteiger charge is 2.22. The van der Waals surface area contributed by atoms with Crippen molar-refractivity contribution in [3.05, 3.63) is 85.1 Å². The zero-order valence-corrected chi connectivity index (χ0v) is 33.6. The summed E-state index contributed by atoms with van der Waals surface area (Å²) in [5, 5.41) is 9.54. The highest BCUT2D eigenvalue weighted by molar-refractivity contribution is 7.46. The molecule has 0 aliphatic heterocycles. The van der Waals surface area contributed by atoms with Gasteiger partial charge in [-0.15, -0.1) is 0 Å². The van der Waals surface area contributed by atoms with Crippen LogP contribution in [0.3, 0.4) is 0 Å². The fraction of sp³-hybridized carbons (Fsp3) is 0.628. The van der Waals surface area contributed by atoms with Crippen LogP contribution in [0.15, 0.2) is 85.1 Å². The number of esters is 2. The second-order valence-electron chi connectivity index (χ2n) is 13.0. The number of phosphoric acid groups is 1. The average molecular weight is 763 g/mol. The van der Waals surface area contributed by atoms with Crippen LogP contribution >= 0.6 is 7.82 Å². The summed E-state index contributed by atoms with van der Waals surface area (Å²) in [6, 6.07) is 0. The normalized spacial score (nSPS) is 14.0. The Morgan fingerprint density at radius 3 is 1.53 bits per heavy atom. The first-order chi connectivity index (χ1) is 25.7. The molecule has 10 heteroatoms. The highest BCUT2D eigenvalue weighted by Crippen LogP contribution is 2.36. The van der Waals surface area contributed by atoms with Crippen LogP contribution in [-0.2, 0) is 28.2 Å². The van der Waals surface area contributed by atoms with E-state index in [4.69, 9.17) is 19.3 Å². The van der Waals surface area contributed by atoms with Gasteiger partial charge in [0.15, 0.2) is 6.10 Å². The Kier molecular flexibility index (Phi) is 35.5. The summed E-state index contributed by atoms with van der Waals surface area (Å²) in [6.45, 7) is 3.29. The Bertz CT molecular complexity index is 1150. The minimum atomic E-state index is -4.79. The lowest BCUT2D eigenvalue weighted by atomic mass is 10.1. The average Bonchev–Trinajstić information content (AvgIpc) is 3.13. The van der Waals surface area contributed by atoms with E-state index in [2.05, 4.69) is 84.4 Å². The van der Waals surface area contributed by atoms with Crippen molar-refractivity contribution in [1.29, 1.82) is 0 Å². The quantitative estimate of drug-likeness (QED) is 0.0249. The molecule has 0 saturated heterocycles. The second kappa shape index (κ2) is 37.5. The molecule has 0 radical (unpaired) electrons. The van der Waals surface area contributed by atoms with Gasteiger partial charge >= 0.3 is 19.8 Å². The number of unbranched alkanes of at least 4 members (excludes halogenated alkanes) is 8. The molecule has 302 valence electrons. The molecule has 0 aromatic heterocycles. The largest absolute Gasteiger partial charge is 0.469 e. The Labute approximate surface area is 321 Å². The van der Waals surface area contributed by atoms with Gasteiger partial charge in [0.05, 0.1) is 12.7 Å². The minimum absolute atomic E-state index is 0.113. The maximum absolute atomic E-state index is 12.4. The van der Waals surface area contributed by atoms with Gasteiger partial charge in [-0.25, -0.2) is 4.57 Å². The van der Waals surface area contributed by atoms with Gasteiger partial charge in [-0.05, 0) is 96.3 Å². The molecule has 0 saturated carbocycles. The topological polar surface area (TPSA) is 140 Å². The van der Waals surface area contributed by atoms with Crippen molar-refractivity contribution in [2.45, 2.75) is 161 Å². The van der Waals surface area contributed by atoms with Crippen LogP contribution in [0.4, 0.5) is 0 Å². The second-order valence-corrected chi connectivity index (χ2v) is 14.3. The molecule has 0 aromatic carbocycles. The number of allylic oxidation sites excluding steroid dienone is 14. The highest BCUT2D eigenvalue weighted by atomic mass is 31.2. The fourth-order valence-electron chi connectivity index (χ4n) is 4.88. The number of hydrogen-bond donors (Lipinski definition) is 3. The number of hydrogen-bond acceptors (Lipinski definition) is 7. The molecule has 3 N–H and O–H groups in total. The molecule has 2 atom stereocenters. The maximum atomic E-state index is 12.4. The van der Waals surface area contributed by atoms with E-state index in [0.717, 1.165) is 77.0 Å². The molecule has 0 spiro atoms. The van der Waals surface area contributed by atoms with Crippen molar-refractivity contribution in [2.24, 2.45) is 0 Å². The van der Waals surface area contributed by atoms with Crippen LogP contribution in [0.25, 0.3) is 0 Å². The van der Waals surface area contributed by atoms with E-state index in [-0.39, 0.29) is 25.6 Å². The molecule has 0 unspecified atom stereocenters. The van der Waals surface area contributed by atoms with Crippen LogP contribution in [0, 0.1) is 0 Å². The van der Waals surface area contributed by atoms with Crippen LogP contribution in [0.2, 0.25) is 0 Å². The van der Waals surface area contributed by atoms with Crippen molar-refractivity contribution in [3.63, 3.8) is 0 Å². The molecule has 9 nitrogen and oxygen atoms in total. The van der Waals surface area contributed by atoms with Gasteiger partial charge in [-0.1, -0.05) is 125 Å². The van der Waals surface area contributed by atoms with Gasteiger partial charge in [-0.3, -0.25) is 14.1 Å². The summed E-state index contributed by atoms with van der Waals surface area (Å²) in [6.07, 6.45) is 46.8. The first kappa shape index (κ1) is 50.2. The van der Waals surface area contributed by atoms with E-state index in [1.165, 1.54) is 25.7 Å². The Morgan fingerprint density at radius 2 is 1.02 bits per heavy atom. The molecule has 0 aliphatic rings. The smallest absolute Gasteiger partial charge is 0.462 e. The summed E-state index contributed by atoms with van der Waals surface area (Å²) in [7, 11) is -4.79. The lowest BCUT2D eigenvalue weighted by Gasteiger charge is -2.18. The van der Waals surface area contributed by atoms with Gasteiger partial charge in [0, 0.05) is 12.8 Å². The maximum Gasteiger partial charge on any atom is 0.469 e. The summed E-state index contributed by atoms with van der Waals surface area (Å²) in [5.41, 5.74) is 0. The van der Waals surface area contributed by atoms with E-state index in [9.17, 15) is 19.3 Å². The van der Waals surface area contributed by atoms with E-state index >= 15 is 0 Å². The monoisotopic (exact) mass is 762 g/mol. The summed E-state index contributed by atoms with van der Waals surface area (Å²) >= 11 is 0. The Morgan fingerprint density at radius 1 is 0.566 bits per heavy atom. The Hall–Kier alpha value is -2.81. The van der Waals surface area contributed by atoms with E-state index in [0.29, 0.717) is 19.3 Å².